The lowest BCUT2D eigenvalue weighted by Crippen LogP contribution is -2.19. The van der Waals surface area contributed by atoms with E-state index in [1.807, 2.05) is 63.2 Å². The Morgan fingerprint density at radius 3 is 2.74 bits per heavy atom. The molecule has 27 heavy (non-hydrogen) atoms. The molecule has 0 unspecified atom stereocenters. The third-order valence-electron chi connectivity index (χ3n) is 4.23. The first-order valence-corrected chi connectivity index (χ1v) is 9.50. The summed E-state index contributed by atoms with van der Waals surface area (Å²) in [7, 11) is 1.60. The number of amides is 1. The molecule has 0 bridgehead atoms. The summed E-state index contributed by atoms with van der Waals surface area (Å²) in [5.41, 5.74) is 4.00. The molecular weight excluding hydrogens is 360 g/mol. The van der Waals surface area contributed by atoms with Gasteiger partial charge < -0.3 is 14.8 Å². The van der Waals surface area contributed by atoms with Crippen LogP contribution in [0.15, 0.2) is 46.3 Å². The molecule has 140 valence electrons. The maximum atomic E-state index is 12.3. The lowest BCUT2D eigenvalue weighted by molar-refractivity contribution is -0.115. The van der Waals surface area contributed by atoms with E-state index in [-0.39, 0.29) is 5.91 Å². The number of ether oxygens (including phenoxy) is 2. The normalized spacial score (nSPS) is 16.7. The van der Waals surface area contributed by atoms with Crippen LogP contribution >= 0.6 is 11.8 Å². The number of carbonyl (C=O) groups excluding carboxylic acids is 1. The molecule has 0 aromatic heterocycles. The largest absolute Gasteiger partial charge is 0.493 e. The van der Waals surface area contributed by atoms with Crippen LogP contribution in [0.4, 0.5) is 5.69 Å². The van der Waals surface area contributed by atoms with Crippen LogP contribution in [0.2, 0.25) is 0 Å². The number of nitrogens with zero attached hydrogens (tertiary/aromatic N) is 1. The monoisotopic (exact) mass is 382 g/mol. The van der Waals surface area contributed by atoms with E-state index in [1.54, 1.807) is 7.11 Å². The SMILES string of the molecule is CCOc1ccc(/C=C2/SC(=Nc3cccc(C)c3C)NC2=O)cc1OC. The molecule has 0 aliphatic carbocycles. The van der Waals surface area contributed by atoms with Gasteiger partial charge in [0.1, 0.15) is 0 Å². The van der Waals surface area contributed by atoms with Crippen LogP contribution < -0.4 is 14.8 Å². The smallest absolute Gasteiger partial charge is 0.264 e. The Bertz CT molecular complexity index is 935. The van der Waals surface area contributed by atoms with E-state index in [9.17, 15) is 4.79 Å². The zero-order chi connectivity index (χ0) is 19.4. The zero-order valence-electron chi connectivity index (χ0n) is 15.8. The molecule has 0 radical (unpaired) electrons. The molecule has 2 aromatic rings. The third-order valence-corrected chi connectivity index (χ3v) is 5.14. The highest BCUT2D eigenvalue weighted by Crippen LogP contribution is 2.32. The van der Waals surface area contributed by atoms with Crippen LogP contribution in [0.1, 0.15) is 23.6 Å². The predicted molar refractivity (Wildman–Crippen MR) is 111 cm³/mol. The number of aliphatic imine (C=N–C) groups is 1. The average molecular weight is 382 g/mol. The van der Waals surface area contributed by atoms with Gasteiger partial charge in [-0.3, -0.25) is 4.79 Å². The molecule has 1 fully saturated rings. The van der Waals surface area contributed by atoms with Crippen molar-refractivity contribution in [2.24, 2.45) is 4.99 Å². The Morgan fingerprint density at radius 2 is 2.00 bits per heavy atom. The molecular formula is C21H22N2O3S. The highest BCUT2D eigenvalue weighted by molar-refractivity contribution is 8.18. The van der Waals surface area contributed by atoms with Crippen molar-refractivity contribution < 1.29 is 14.3 Å². The van der Waals surface area contributed by atoms with Gasteiger partial charge in [-0.2, -0.15) is 0 Å². The van der Waals surface area contributed by atoms with Crippen molar-refractivity contribution in [3.8, 4) is 11.5 Å². The fraction of sp³-hybridized carbons (Fsp3) is 0.238. The van der Waals surface area contributed by atoms with E-state index in [2.05, 4.69) is 10.3 Å². The van der Waals surface area contributed by atoms with Gasteiger partial charge in [0.05, 0.1) is 24.3 Å². The fourth-order valence-corrected chi connectivity index (χ4v) is 3.48. The molecule has 1 saturated heterocycles. The Balaban J connectivity index is 1.85. The number of hydrogen-bond acceptors (Lipinski definition) is 5. The number of methoxy groups -OCH3 is 1. The predicted octanol–water partition coefficient (Wildman–Crippen LogP) is 4.60. The van der Waals surface area contributed by atoms with Crippen molar-refractivity contribution in [2.75, 3.05) is 13.7 Å². The molecule has 2 aromatic carbocycles. The summed E-state index contributed by atoms with van der Waals surface area (Å²) >= 11 is 1.33. The van der Waals surface area contributed by atoms with E-state index in [0.717, 1.165) is 16.8 Å². The highest BCUT2D eigenvalue weighted by atomic mass is 32.2. The second-order valence-electron chi connectivity index (χ2n) is 6.04. The van der Waals surface area contributed by atoms with Crippen LogP contribution in [0.5, 0.6) is 11.5 Å². The topological polar surface area (TPSA) is 59.9 Å². The summed E-state index contributed by atoms with van der Waals surface area (Å²) in [6.45, 7) is 6.56. The van der Waals surface area contributed by atoms with Crippen molar-refractivity contribution in [1.29, 1.82) is 0 Å². The molecule has 1 aliphatic rings. The van der Waals surface area contributed by atoms with Crippen molar-refractivity contribution in [2.45, 2.75) is 20.8 Å². The number of amidine groups is 1. The molecule has 0 atom stereocenters. The van der Waals surface area contributed by atoms with Crippen LogP contribution in [0.25, 0.3) is 6.08 Å². The van der Waals surface area contributed by atoms with Gasteiger partial charge in [0.2, 0.25) is 0 Å². The standard InChI is InChI=1S/C21H22N2O3S/c1-5-26-17-10-9-15(11-18(17)25-4)12-19-20(24)23-21(27-19)22-16-8-6-7-13(2)14(16)3/h6-12H,5H2,1-4H3,(H,22,23,24)/b19-12+. The van der Waals surface area contributed by atoms with Crippen molar-refractivity contribution in [1.82, 2.24) is 5.32 Å². The molecule has 3 rings (SSSR count). The first-order valence-electron chi connectivity index (χ1n) is 8.68. The summed E-state index contributed by atoms with van der Waals surface area (Å²) in [6.07, 6.45) is 1.82. The Hall–Kier alpha value is -2.73. The fourth-order valence-electron chi connectivity index (χ4n) is 2.65. The van der Waals surface area contributed by atoms with Gasteiger partial charge in [-0.25, -0.2) is 4.99 Å². The summed E-state index contributed by atoms with van der Waals surface area (Å²) in [5.74, 6) is 1.17. The molecule has 1 amide bonds. The van der Waals surface area contributed by atoms with Gasteiger partial charge in [-0.1, -0.05) is 18.2 Å². The number of benzene rings is 2. The minimum atomic E-state index is -0.156. The lowest BCUT2D eigenvalue weighted by atomic mass is 10.1. The van der Waals surface area contributed by atoms with Gasteiger partial charge in [0.25, 0.3) is 5.91 Å². The second kappa shape index (κ2) is 8.31. The molecule has 1 N–H and O–H groups in total. The Labute approximate surface area is 163 Å². The van der Waals surface area contributed by atoms with E-state index in [0.29, 0.717) is 28.2 Å². The minimum absolute atomic E-state index is 0.156. The molecule has 1 aliphatic heterocycles. The number of rotatable bonds is 5. The molecule has 5 nitrogen and oxygen atoms in total. The maximum Gasteiger partial charge on any atom is 0.264 e. The van der Waals surface area contributed by atoms with Gasteiger partial charge in [-0.15, -0.1) is 0 Å². The molecule has 0 spiro atoms. The van der Waals surface area contributed by atoms with E-state index < -0.39 is 0 Å². The first kappa shape index (κ1) is 19.0. The van der Waals surface area contributed by atoms with Gasteiger partial charge in [0.15, 0.2) is 16.7 Å². The highest BCUT2D eigenvalue weighted by Gasteiger charge is 2.24. The Kier molecular flexibility index (Phi) is 5.86. The molecule has 0 saturated carbocycles. The second-order valence-corrected chi connectivity index (χ2v) is 7.07. The first-order chi connectivity index (χ1) is 13.0. The van der Waals surface area contributed by atoms with Gasteiger partial charge in [-0.05, 0) is 73.5 Å². The van der Waals surface area contributed by atoms with E-state index >= 15 is 0 Å². The summed E-state index contributed by atoms with van der Waals surface area (Å²) in [5, 5.41) is 3.41. The zero-order valence-corrected chi connectivity index (χ0v) is 16.6. The van der Waals surface area contributed by atoms with Crippen LogP contribution in [0.3, 0.4) is 0 Å². The maximum absolute atomic E-state index is 12.3. The summed E-state index contributed by atoms with van der Waals surface area (Å²) < 4.78 is 10.9. The lowest BCUT2D eigenvalue weighted by Gasteiger charge is -2.09. The molecule has 6 heteroatoms. The van der Waals surface area contributed by atoms with Crippen LogP contribution in [-0.4, -0.2) is 24.8 Å². The Morgan fingerprint density at radius 1 is 1.19 bits per heavy atom. The van der Waals surface area contributed by atoms with E-state index in [1.165, 1.54) is 17.3 Å². The number of carbonyl (C=O) groups is 1. The summed E-state index contributed by atoms with van der Waals surface area (Å²) in [6, 6.07) is 11.6. The van der Waals surface area contributed by atoms with Crippen LogP contribution in [0, 0.1) is 13.8 Å². The number of thioether (sulfide) groups is 1. The molecule has 1 heterocycles. The minimum Gasteiger partial charge on any atom is -0.493 e. The van der Waals surface area contributed by atoms with Gasteiger partial charge >= 0.3 is 0 Å². The third kappa shape index (κ3) is 4.34. The van der Waals surface area contributed by atoms with Crippen molar-refractivity contribution in [3.05, 3.63) is 58.0 Å². The summed E-state index contributed by atoms with van der Waals surface area (Å²) in [4.78, 5) is 17.5. The van der Waals surface area contributed by atoms with E-state index in [4.69, 9.17) is 9.47 Å². The number of aryl methyl sites for hydroxylation is 1. The number of hydrogen-bond donors (Lipinski definition) is 1. The van der Waals surface area contributed by atoms with Crippen LogP contribution in [-0.2, 0) is 4.79 Å². The average Bonchev–Trinajstić information content (AvgIpc) is 2.99. The number of nitrogens with one attached hydrogen (secondary N) is 1. The quantitative estimate of drug-likeness (QED) is 0.768. The van der Waals surface area contributed by atoms with Crippen molar-refractivity contribution in [3.63, 3.8) is 0 Å². The van der Waals surface area contributed by atoms with Crippen molar-refractivity contribution >= 4 is 34.6 Å². The van der Waals surface area contributed by atoms with Gasteiger partial charge in [0, 0.05) is 0 Å².